The molecule has 0 aliphatic heterocycles. The summed E-state index contributed by atoms with van der Waals surface area (Å²) >= 11 is 3.17. The smallest absolute Gasteiger partial charge is 0.335 e. The molecule has 0 atom stereocenters. The summed E-state index contributed by atoms with van der Waals surface area (Å²) in [5.41, 5.74) is 1.12. The molecule has 0 heterocycles. The standard InChI is InChI=1S/C11H11BrO3/c1-7-3-4-9(11(13)14)5-10(7)15-6-8(2)12/h3-5H,2,6H2,1H3,(H,13,14). The summed E-state index contributed by atoms with van der Waals surface area (Å²) in [5.74, 6) is -0.395. The molecule has 0 radical (unpaired) electrons. The summed E-state index contributed by atoms with van der Waals surface area (Å²) in [4.78, 5) is 10.7. The van der Waals surface area contributed by atoms with Gasteiger partial charge in [-0.1, -0.05) is 28.6 Å². The molecule has 0 amide bonds. The number of halogens is 1. The molecule has 1 aromatic carbocycles. The highest BCUT2D eigenvalue weighted by Gasteiger charge is 2.06. The number of hydrogen-bond acceptors (Lipinski definition) is 2. The first-order valence-electron chi connectivity index (χ1n) is 4.30. The van der Waals surface area contributed by atoms with Crippen LogP contribution in [0.4, 0.5) is 0 Å². The van der Waals surface area contributed by atoms with Crippen LogP contribution in [-0.2, 0) is 0 Å². The number of carboxylic acids is 1. The van der Waals surface area contributed by atoms with Gasteiger partial charge in [0.05, 0.1) is 5.56 Å². The van der Waals surface area contributed by atoms with Crippen LogP contribution >= 0.6 is 15.9 Å². The van der Waals surface area contributed by atoms with Gasteiger partial charge in [0.15, 0.2) is 0 Å². The number of benzene rings is 1. The lowest BCUT2D eigenvalue weighted by molar-refractivity contribution is 0.0696. The minimum atomic E-state index is -0.961. The average molecular weight is 271 g/mol. The fraction of sp³-hybridized carbons (Fsp3) is 0.182. The van der Waals surface area contributed by atoms with E-state index in [1.54, 1.807) is 12.1 Å². The lowest BCUT2D eigenvalue weighted by atomic mass is 10.1. The molecule has 0 saturated heterocycles. The number of ether oxygens (including phenoxy) is 1. The van der Waals surface area contributed by atoms with Crippen LogP contribution in [0.15, 0.2) is 29.3 Å². The fourth-order valence-corrected chi connectivity index (χ4v) is 1.16. The molecular formula is C11H11BrO3. The zero-order chi connectivity index (χ0) is 11.4. The Kier molecular flexibility index (Phi) is 3.91. The van der Waals surface area contributed by atoms with Crippen molar-refractivity contribution in [3.8, 4) is 5.75 Å². The van der Waals surface area contributed by atoms with Crippen molar-refractivity contribution >= 4 is 21.9 Å². The Morgan fingerprint density at radius 1 is 1.60 bits per heavy atom. The molecule has 0 fully saturated rings. The zero-order valence-corrected chi connectivity index (χ0v) is 9.87. The number of carboxylic acid groups (broad SMARTS) is 1. The maximum atomic E-state index is 10.7. The molecule has 15 heavy (non-hydrogen) atoms. The van der Waals surface area contributed by atoms with Crippen molar-refractivity contribution in [2.45, 2.75) is 6.92 Å². The predicted molar refractivity (Wildman–Crippen MR) is 61.7 cm³/mol. The topological polar surface area (TPSA) is 46.5 Å². The monoisotopic (exact) mass is 270 g/mol. The first-order valence-corrected chi connectivity index (χ1v) is 5.10. The third-order valence-corrected chi connectivity index (χ3v) is 2.05. The van der Waals surface area contributed by atoms with Crippen molar-refractivity contribution in [1.82, 2.24) is 0 Å². The van der Waals surface area contributed by atoms with E-state index >= 15 is 0 Å². The number of carbonyl (C=O) groups is 1. The minimum absolute atomic E-state index is 0.218. The second-order valence-corrected chi connectivity index (χ2v) is 4.21. The van der Waals surface area contributed by atoms with Gasteiger partial charge >= 0.3 is 5.97 Å². The molecule has 0 aromatic heterocycles. The van der Waals surface area contributed by atoms with E-state index in [0.717, 1.165) is 5.56 Å². The Labute approximate surface area is 96.5 Å². The minimum Gasteiger partial charge on any atom is -0.488 e. The maximum Gasteiger partial charge on any atom is 0.335 e. The largest absolute Gasteiger partial charge is 0.488 e. The molecule has 0 bridgehead atoms. The maximum absolute atomic E-state index is 10.7. The van der Waals surface area contributed by atoms with Gasteiger partial charge in [-0.05, 0) is 24.6 Å². The molecule has 0 aliphatic rings. The van der Waals surface area contributed by atoms with Gasteiger partial charge in [-0.2, -0.15) is 0 Å². The van der Waals surface area contributed by atoms with Gasteiger partial charge in [0.25, 0.3) is 0 Å². The number of aryl methyl sites for hydroxylation is 1. The zero-order valence-electron chi connectivity index (χ0n) is 8.29. The van der Waals surface area contributed by atoms with Crippen LogP contribution in [0, 0.1) is 6.92 Å². The van der Waals surface area contributed by atoms with E-state index in [9.17, 15) is 4.79 Å². The quantitative estimate of drug-likeness (QED) is 0.915. The molecule has 3 nitrogen and oxygen atoms in total. The van der Waals surface area contributed by atoms with Crippen molar-refractivity contribution in [3.63, 3.8) is 0 Å². The van der Waals surface area contributed by atoms with Crippen LogP contribution in [-0.4, -0.2) is 17.7 Å². The SMILES string of the molecule is C=C(Br)COc1cc(C(=O)O)ccc1C. The van der Waals surface area contributed by atoms with Gasteiger partial charge < -0.3 is 9.84 Å². The molecule has 0 saturated carbocycles. The van der Waals surface area contributed by atoms with E-state index < -0.39 is 5.97 Å². The van der Waals surface area contributed by atoms with E-state index in [1.165, 1.54) is 6.07 Å². The van der Waals surface area contributed by atoms with Crippen LogP contribution in [0.25, 0.3) is 0 Å². The van der Waals surface area contributed by atoms with Crippen molar-refractivity contribution in [1.29, 1.82) is 0 Å². The van der Waals surface area contributed by atoms with E-state index in [2.05, 4.69) is 22.5 Å². The van der Waals surface area contributed by atoms with Crippen LogP contribution < -0.4 is 4.74 Å². The molecule has 4 heteroatoms. The second kappa shape index (κ2) is 4.98. The van der Waals surface area contributed by atoms with Gasteiger partial charge in [-0.25, -0.2) is 4.79 Å². The highest BCUT2D eigenvalue weighted by atomic mass is 79.9. The highest BCUT2D eigenvalue weighted by molar-refractivity contribution is 9.11. The van der Waals surface area contributed by atoms with E-state index in [4.69, 9.17) is 9.84 Å². The lowest BCUT2D eigenvalue weighted by Gasteiger charge is -2.08. The van der Waals surface area contributed by atoms with Crippen molar-refractivity contribution < 1.29 is 14.6 Å². The summed E-state index contributed by atoms with van der Waals surface area (Å²) in [7, 11) is 0. The first-order chi connectivity index (χ1) is 7.00. The van der Waals surface area contributed by atoms with Gasteiger partial charge in [-0.15, -0.1) is 0 Å². The van der Waals surface area contributed by atoms with Crippen LogP contribution in [0.1, 0.15) is 15.9 Å². The molecule has 1 rings (SSSR count). The summed E-state index contributed by atoms with van der Waals surface area (Å²) in [5, 5.41) is 8.80. The summed E-state index contributed by atoms with van der Waals surface area (Å²) in [6.45, 7) is 5.82. The number of hydrogen-bond donors (Lipinski definition) is 1. The lowest BCUT2D eigenvalue weighted by Crippen LogP contribution is -2.01. The molecule has 1 aromatic rings. The normalized spacial score (nSPS) is 9.73. The Bertz CT molecular complexity index is 399. The Balaban J connectivity index is 2.90. The van der Waals surface area contributed by atoms with Gasteiger partial charge in [0, 0.05) is 4.48 Å². The molecule has 80 valence electrons. The number of rotatable bonds is 4. The summed E-state index contributed by atoms with van der Waals surface area (Å²) < 4.78 is 6.09. The van der Waals surface area contributed by atoms with E-state index in [0.29, 0.717) is 16.8 Å². The Morgan fingerprint density at radius 3 is 2.80 bits per heavy atom. The summed E-state index contributed by atoms with van der Waals surface area (Å²) in [6, 6.07) is 4.77. The third-order valence-electron chi connectivity index (χ3n) is 1.82. The van der Waals surface area contributed by atoms with Gasteiger partial charge in [0.1, 0.15) is 12.4 Å². The Morgan fingerprint density at radius 2 is 2.27 bits per heavy atom. The van der Waals surface area contributed by atoms with Crippen LogP contribution in [0.2, 0.25) is 0 Å². The molecular weight excluding hydrogens is 260 g/mol. The summed E-state index contributed by atoms with van der Waals surface area (Å²) in [6.07, 6.45) is 0. The van der Waals surface area contributed by atoms with Crippen LogP contribution in [0.3, 0.4) is 0 Å². The molecule has 0 aliphatic carbocycles. The predicted octanol–water partition coefficient (Wildman–Crippen LogP) is 2.98. The van der Waals surface area contributed by atoms with Crippen molar-refractivity contribution in [2.75, 3.05) is 6.61 Å². The van der Waals surface area contributed by atoms with Crippen LogP contribution in [0.5, 0.6) is 5.75 Å². The van der Waals surface area contributed by atoms with Gasteiger partial charge in [0.2, 0.25) is 0 Å². The van der Waals surface area contributed by atoms with E-state index in [-0.39, 0.29) is 5.56 Å². The van der Waals surface area contributed by atoms with Crippen molar-refractivity contribution in [3.05, 3.63) is 40.4 Å². The molecule has 1 N–H and O–H groups in total. The van der Waals surface area contributed by atoms with Gasteiger partial charge in [-0.3, -0.25) is 0 Å². The Hall–Kier alpha value is -1.29. The molecule has 0 unspecified atom stereocenters. The average Bonchev–Trinajstić information content (AvgIpc) is 2.16. The third kappa shape index (κ3) is 3.40. The van der Waals surface area contributed by atoms with Crippen molar-refractivity contribution in [2.24, 2.45) is 0 Å². The number of aromatic carboxylic acids is 1. The molecule has 0 spiro atoms. The second-order valence-electron chi connectivity index (χ2n) is 3.09. The fourth-order valence-electron chi connectivity index (χ4n) is 1.04. The highest BCUT2D eigenvalue weighted by Crippen LogP contribution is 2.20. The first kappa shape index (κ1) is 11.8. The van der Waals surface area contributed by atoms with E-state index in [1.807, 2.05) is 6.92 Å².